The Morgan fingerprint density at radius 3 is 2.94 bits per heavy atom. The maximum absolute atomic E-state index is 13.1. The minimum atomic E-state index is -0.551. The molecule has 0 aromatic heterocycles. The van der Waals surface area contributed by atoms with Crippen LogP contribution in [0.25, 0.3) is 0 Å². The predicted octanol–water partition coefficient (Wildman–Crippen LogP) is 2.31. The van der Waals surface area contributed by atoms with Crippen molar-refractivity contribution in [2.24, 2.45) is 0 Å². The molecule has 0 fully saturated rings. The van der Waals surface area contributed by atoms with Crippen LogP contribution in [0.2, 0.25) is 0 Å². The Labute approximate surface area is 108 Å². The summed E-state index contributed by atoms with van der Waals surface area (Å²) >= 11 is 3.12. The fourth-order valence-electron chi connectivity index (χ4n) is 1.20. The molecule has 0 aliphatic heterocycles. The molecule has 5 heteroatoms. The van der Waals surface area contributed by atoms with E-state index in [2.05, 4.69) is 33.1 Å². The van der Waals surface area contributed by atoms with Crippen LogP contribution in [0.5, 0.6) is 0 Å². The largest absolute Gasteiger partial charge is 0.396 e. The van der Waals surface area contributed by atoms with E-state index >= 15 is 0 Å². The number of halogens is 2. The number of nitrogen functional groups attached to an aromatic ring is 1. The molecular formula is C12H12BrFN2O. The van der Waals surface area contributed by atoms with E-state index in [-0.39, 0.29) is 11.6 Å². The summed E-state index contributed by atoms with van der Waals surface area (Å²) < 4.78 is 13.4. The molecule has 1 amide bonds. The molecule has 0 saturated heterocycles. The van der Waals surface area contributed by atoms with Gasteiger partial charge >= 0.3 is 0 Å². The Bertz CT molecular complexity index is 491. The summed E-state index contributed by atoms with van der Waals surface area (Å²) in [6.07, 6.45) is 0.580. The summed E-state index contributed by atoms with van der Waals surface area (Å²) in [5, 5.41) is 2.67. The summed E-state index contributed by atoms with van der Waals surface area (Å²) in [6.45, 7) is 2.18. The van der Waals surface area contributed by atoms with Crippen LogP contribution in [0.1, 0.15) is 23.7 Å². The first-order valence-corrected chi connectivity index (χ1v) is 5.78. The maximum atomic E-state index is 13.1. The summed E-state index contributed by atoms with van der Waals surface area (Å²) in [5.41, 5.74) is 5.67. The molecule has 0 radical (unpaired) electrons. The lowest BCUT2D eigenvalue weighted by atomic mass is 10.2. The van der Waals surface area contributed by atoms with Crippen molar-refractivity contribution in [3.05, 3.63) is 28.0 Å². The Morgan fingerprint density at radius 2 is 2.29 bits per heavy atom. The smallest absolute Gasteiger partial charge is 0.252 e. The normalized spacial score (nSPS) is 9.35. The molecule has 17 heavy (non-hydrogen) atoms. The lowest BCUT2D eigenvalue weighted by Crippen LogP contribution is -2.24. The zero-order valence-electron chi connectivity index (χ0n) is 9.31. The van der Waals surface area contributed by atoms with Crippen molar-refractivity contribution in [3.63, 3.8) is 0 Å². The number of benzene rings is 1. The van der Waals surface area contributed by atoms with E-state index in [1.54, 1.807) is 6.92 Å². The molecule has 0 bridgehead atoms. The summed E-state index contributed by atoms with van der Waals surface area (Å²) in [6, 6.07) is 2.48. The average Bonchev–Trinajstić information content (AvgIpc) is 2.29. The van der Waals surface area contributed by atoms with Gasteiger partial charge in [-0.1, -0.05) is 0 Å². The van der Waals surface area contributed by atoms with Gasteiger partial charge in [0, 0.05) is 17.4 Å². The minimum Gasteiger partial charge on any atom is -0.396 e. The third kappa shape index (κ3) is 3.75. The summed E-state index contributed by atoms with van der Waals surface area (Å²) in [7, 11) is 0. The van der Waals surface area contributed by atoms with Crippen molar-refractivity contribution in [1.82, 2.24) is 5.32 Å². The Kier molecular flexibility index (Phi) is 4.98. The van der Waals surface area contributed by atoms with E-state index in [1.807, 2.05) is 0 Å². The van der Waals surface area contributed by atoms with Gasteiger partial charge < -0.3 is 11.1 Å². The van der Waals surface area contributed by atoms with Gasteiger partial charge in [-0.2, -0.15) is 0 Å². The zero-order chi connectivity index (χ0) is 12.8. The highest BCUT2D eigenvalue weighted by Gasteiger charge is 2.12. The van der Waals surface area contributed by atoms with Gasteiger partial charge in [0.15, 0.2) is 0 Å². The van der Waals surface area contributed by atoms with Crippen LogP contribution < -0.4 is 11.1 Å². The molecule has 0 saturated carbocycles. The molecule has 0 atom stereocenters. The molecule has 1 aromatic rings. The van der Waals surface area contributed by atoms with Crippen LogP contribution in [0, 0.1) is 17.7 Å². The van der Waals surface area contributed by atoms with Gasteiger partial charge in [-0.15, -0.1) is 11.8 Å². The van der Waals surface area contributed by atoms with Gasteiger partial charge in [-0.3, -0.25) is 4.79 Å². The molecule has 0 aliphatic rings. The summed E-state index contributed by atoms with van der Waals surface area (Å²) in [5.74, 6) is 4.70. The number of hydrogen-bond donors (Lipinski definition) is 2. The molecule has 0 unspecified atom stereocenters. The second kappa shape index (κ2) is 6.26. The average molecular weight is 299 g/mol. The standard InChI is InChI=1S/C12H12BrFN2O/c1-2-3-4-5-16-12(17)8-6-11(15)10(14)7-9(8)13/h6-7H,4-5,15H2,1H3,(H,16,17). The van der Waals surface area contributed by atoms with Gasteiger partial charge in [-0.05, 0) is 35.0 Å². The number of nitrogens with two attached hydrogens (primary N) is 1. The molecule has 3 nitrogen and oxygen atoms in total. The van der Waals surface area contributed by atoms with Crippen molar-refractivity contribution >= 4 is 27.5 Å². The predicted molar refractivity (Wildman–Crippen MR) is 68.9 cm³/mol. The van der Waals surface area contributed by atoms with Crippen LogP contribution in [-0.2, 0) is 0 Å². The highest BCUT2D eigenvalue weighted by atomic mass is 79.9. The van der Waals surface area contributed by atoms with Crippen LogP contribution in [-0.4, -0.2) is 12.5 Å². The van der Waals surface area contributed by atoms with Crippen molar-refractivity contribution in [1.29, 1.82) is 0 Å². The molecule has 1 rings (SSSR count). The fraction of sp³-hybridized carbons (Fsp3) is 0.250. The first-order chi connectivity index (χ1) is 8.06. The van der Waals surface area contributed by atoms with E-state index in [9.17, 15) is 9.18 Å². The molecule has 90 valence electrons. The van der Waals surface area contributed by atoms with Gasteiger partial charge in [0.2, 0.25) is 0 Å². The third-order valence-electron chi connectivity index (χ3n) is 2.04. The first kappa shape index (κ1) is 13.5. The van der Waals surface area contributed by atoms with Gasteiger partial charge in [0.25, 0.3) is 5.91 Å². The molecule has 3 N–H and O–H groups in total. The van der Waals surface area contributed by atoms with Gasteiger partial charge in [0.05, 0.1) is 11.3 Å². The van der Waals surface area contributed by atoms with Gasteiger partial charge in [-0.25, -0.2) is 4.39 Å². The number of carbonyl (C=O) groups excluding carboxylic acids is 1. The van der Waals surface area contributed by atoms with Crippen LogP contribution in [0.3, 0.4) is 0 Å². The Morgan fingerprint density at radius 1 is 1.59 bits per heavy atom. The first-order valence-electron chi connectivity index (χ1n) is 4.98. The number of amides is 1. The number of hydrogen-bond acceptors (Lipinski definition) is 2. The zero-order valence-corrected chi connectivity index (χ0v) is 10.9. The number of carbonyl (C=O) groups is 1. The van der Waals surface area contributed by atoms with Crippen molar-refractivity contribution in [3.8, 4) is 11.8 Å². The lowest BCUT2D eigenvalue weighted by Gasteiger charge is -2.07. The Hall–Kier alpha value is -1.54. The quantitative estimate of drug-likeness (QED) is 0.511. The molecular weight excluding hydrogens is 287 g/mol. The minimum absolute atomic E-state index is 0.0494. The highest BCUT2D eigenvalue weighted by Crippen LogP contribution is 2.22. The van der Waals surface area contributed by atoms with Crippen molar-refractivity contribution in [2.45, 2.75) is 13.3 Å². The van der Waals surface area contributed by atoms with E-state index in [0.29, 0.717) is 23.0 Å². The Balaban J connectivity index is 2.74. The lowest BCUT2D eigenvalue weighted by molar-refractivity contribution is 0.0954. The van der Waals surface area contributed by atoms with E-state index in [1.165, 1.54) is 12.1 Å². The van der Waals surface area contributed by atoms with Crippen LogP contribution in [0.4, 0.5) is 10.1 Å². The van der Waals surface area contributed by atoms with E-state index in [4.69, 9.17) is 5.73 Å². The summed E-state index contributed by atoms with van der Waals surface area (Å²) in [4.78, 5) is 11.7. The van der Waals surface area contributed by atoms with E-state index < -0.39 is 5.82 Å². The topological polar surface area (TPSA) is 55.1 Å². The fourth-order valence-corrected chi connectivity index (χ4v) is 1.69. The number of nitrogens with one attached hydrogen (secondary N) is 1. The number of rotatable bonds is 3. The van der Waals surface area contributed by atoms with Crippen LogP contribution in [0.15, 0.2) is 16.6 Å². The maximum Gasteiger partial charge on any atom is 0.252 e. The monoisotopic (exact) mass is 298 g/mol. The molecule has 0 aliphatic carbocycles. The second-order valence-corrected chi connectivity index (χ2v) is 4.14. The highest BCUT2D eigenvalue weighted by molar-refractivity contribution is 9.10. The van der Waals surface area contributed by atoms with E-state index in [0.717, 1.165) is 0 Å². The van der Waals surface area contributed by atoms with Gasteiger partial charge in [0.1, 0.15) is 5.82 Å². The third-order valence-corrected chi connectivity index (χ3v) is 2.70. The van der Waals surface area contributed by atoms with Crippen molar-refractivity contribution in [2.75, 3.05) is 12.3 Å². The second-order valence-electron chi connectivity index (χ2n) is 3.29. The van der Waals surface area contributed by atoms with Crippen LogP contribution >= 0.6 is 15.9 Å². The van der Waals surface area contributed by atoms with Crippen molar-refractivity contribution < 1.29 is 9.18 Å². The number of anilines is 1. The molecule has 0 heterocycles. The molecule has 1 aromatic carbocycles. The SMILES string of the molecule is CC#CCCNC(=O)c1cc(N)c(F)cc1Br. The molecule has 0 spiro atoms.